The average molecular weight is 268 g/mol. The molecule has 1 heterocycles. The highest BCUT2D eigenvalue weighted by Crippen LogP contribution is 2.21. The SMILES string of the molecule is O=C(CCC1CCOCC1)Nc1cccc(Cl)c1. The minimum absolute atomic E-state index is 0.0590. The van der Waals surface area contributed by atoms with Crippen molar-refractivity contribution >= 4 is 23.2 Å². The van der Waals surface area contributed by atoms with Crippen molar-refractivity contribution in [1.82, 2.24) is 0 Å². The summed E-state index contributed by atoms with van der Waals surface area (Å²) < 4.78 is 5.30. The van der Waals surface area contributed by atoms with Gasteiger partial charge < -0.3 is 10.1 Å². The van der Waals surface area contributed by atoms with E-state index in [1.165, 1.54) is 0 Å². The van der Waals surface area contributed by atoms with Gasteiger partial charge in [0.05, 0.1) is 0 Å². The van der Waals surface area contributed by atoms with Crippen LogP contribution in [0.1, 0.15) is 25.7 Å². The lowest BCUT2D eigenvalue weighted by atomic mass is 9.95. The number of nitrogens with one attached hydrogen (secondary N) is 1. The summed E-state index contributed by atoms with van der Waals surface area (Å²) in [5.41, 5.74) is 0.763. The van der Waals surface area contributed by atoms with Crippen LogP contribution in [0.25, 0.3) is 0 Å². The molecule has 18 heavy (non-hydrogen) atoms. The molecule has 1 aromatic carbocycles. The molecule has 0 aliphatic carbocycles. The minimum Gasteiger partial charge on any atom is -0.381 e. The summed E-state index contributed by atoms with van der Waals surface area (Å²) in [6.07, 6.45) is 3.65. The van der Waals surface area contributed by atoms with Gasteiger partial charge in [0, 0.05) is 30.3 Å². The molecule has 0 radical (unpaired) electrons. The normalized spacial score (nSPS) is 16.5. The van der Waals surface area contributed by atoms with Crippen molar-refractivity contribution in [3.8, 4) is 0 Å². The highest BCUT2D eigenvalue weighted by atomic mass is 35.5. The fraction of sp³-hybridized carbons (Fsp3) is 0.500. The maximum absolute atomic E-state index is 11.8. The van der Waals surface area contributed by atoms with Crippen LogP contribution in [0.5, 0.6) is 0 Å². The second-order valence-electron chi connectivity index (χ2n) is 4.65. The summed E-state index contributed by atoms with van der Waals surface area (Å²) in [6, 6.07) is 7.22. The van der Waals surface area contributed by atoms with Crippen molar-refractivity contribution in [3.63, 3.8) is 0 Å². The number of hydrogen-bond donors (Lipinski definition) is 1. The predicted molar refractivity (Wildman–Crippen MR) is 72.9 cm³/mol. The zero-order chi connectivity index (χ0) is 12.8. The van der Waals surface area contributed by atoms with Gasteiger partial charge in [0.25, 0.3) is 0 Å². The van der Waals surface area contributed by atoms with Gasteiger partial charge in [-0.2, -0.15) is 0 Å². The lowest BCUT2D eigenvalue weighted by Crippen LogP contribution is -2.18. The Labute approximate surface area is 112 Å². The van der Waals surface area contributed by atoms with E-state index in [4.69, 9.17) is 16.3 Å². The molecule has 0 spiro atoms. The number of benzene rings is 1. The lowest BCUT2D eigenvalue weighted by molar-refractivity contribution is -0.116. The zero-order valence-corrected chi connectivity index (χ0v) is 11.1. The summed E-state index contributed by atoms with van der Waals surface area (Å²) in [5.74, 6) is 0.688. The van der Waals surface area contributed by atoms with Crippen LogP contribution in [0.3, 0.4) is 0 Å². The molecule has 2 rings (SSSR count). The predicted octanol–water partition coefficient (Wildman–Crippen LogP) is 3.49. The Morgan fingerprint density at radius 3 is 2.89 bits per heavy atom. The second kappa shape index (κ2) is 6.76. The van der Waals surface area contributed by atoms with Gasteiger partial charge in [0.1, 0.15) is 0 Å². The average Bonchev–Trinajstić information content (AvgIpc) is 2.38. The first-order valence-corrected chi connectivity index (χ1v) is 6.75. The molecule has 98 valence electrons. The maximum atomic E-state index is 11.8. The van der Waals surface area contributed by atoms with Gasteiger partial charge in [0.15, 0.2) is 0 Å². The molecule has 1 amide bonds. The number of carbonyl (C=O) groups excluding carboxylic acids is 1. The van der Waals surface area contributed by atoms with E-state index in [0.717, 1.165) is 38.2 Å². The highest BCUT2D eigenvalue weighted by molar-refractivity contribution is 6.30. The van der Waals surface area contributed by atoms with Crippen LogP contribution < -0.4 is 5.32 Å². The molecule has 3 nitrogen and oxygen atoms in total. The third-order valence-corrected chi connectivity index (χ3v) is 3.46. The molecule has 0 bridgehead atoms. The fourth-order valence-corrected chi connectivity index (χ4v) is 2.35. The van der Waals surface area contributed by atoms with Gasteiger partial charge in [-0.25, -0.2) is 0 Å². The third kappa shape index (κ3) is 4.31. The molecule has 1 aliphatic heterocycles. The topological polar surface area (TPSA) is 38.3 Å². The monoisotopic (exact) mass is 267 g/mol. The zero-order valence-electron chi connectivity index (χ0n) is 10.3. The third-order valence-electron chi connectivity index (χ3n) is 3.23. The van der Waals surface area contributed by atoms with Crippen molar-refractivity contribution in [2.24, 2.45) is 5.92 Å². The number of rotatable bonds is 4. The van der Waals surface area contributed by atoms with Crippen molar-refractivity contribution in [2.45, 2.75) is 25.7 Å². The number of amides is 1. The van der Waals surface area contributed by atoms with Crippen LogP contribution in [-0.2, 0) is 9.53 Å². The highest BCUT2D eigenvalue weighted by Gasteiger charge is 2.15. The summed E-state index contributed by atoms with van der Waals surface area (Å²) in [4.78, 5) is 11.8. The first-order chi connectivity index (χ1) is 8.74. The van der Waals surface area contributed by atoms with E-state index in [9.17, 15) is 4.79 Å². The fourth-order valence-electron chi connectivity index (χ4n) is 2.16. The number of carbonyl (C=O) groups is 1. The number of ether oxygens (including phenoxy) is 1. The van der Waals surface area contributed by atoms with Gasteiger partial charge in [-0.15, -0.1) is 0 Å². The lowest BCUT2D eigenvalue weighted by Gasteiger charge is -2.21. The Bertz CT molecular complexity index is 403. The maximum Gasteiger partial charge on any atom is 0.224 e. The van der Waals surface area contributed by atoms with Gasteiger partial charge in [-0.3, -0.25) is 4.79 Å². The smallest absolute Gasteiger partial charge is 0.224 e. The molecule has 1 N–H and O–H groups in total. The minimum atomic E-state index is 0.0590. The van der Waals surface area contributed by atoms with E-state index < -0.39 is 0 Å². The van der Waals surface area contributed by atoms with Crippen LogP contribution in [0, 0.1) is 5.92 Å². The van der Waals surface area contributed by atoms with Gasteiger partial charge in [-0.1, -0.05) is 17.7 Å². The van der Waals surface area contributed by atoms with Gasteiger partial charge in [0.2, 0.25) is 5.91 Å². The van der Waals surface area contributed by atoms with Crippen molar-refractivity contribution < 1.29 is 9.53 Å². The molecular formula is C14H18ClNO2. The van der Waals surface area contributed by atoms with E-state index in [2.05, 4.69) is 5.32 Å². The Morgan fingerprint density at radius 1 is 1.39 bits per heavy atom. The Hall–Kier alpha value is -1.06. The van der Waals surface area contributed by atoms with Gasteiger partial charge >= 0.3 is 0 Å². The van der Waals surface area contributed by atoms with E-state index in [1.807, 2.05) is 12.1 Å². The molecule has 0 aromatic heterocycles. The number of hydrogen-bond acceptors (Lipinski definition) is 2. The molecule has 1 saturated heterocycles. The molecule has 4 heteroatoms. The molecule has 0 saturated carbocycles. The number of anilines is 1. The number of halogens is 1. The summed E-state index contributed by atoms with van der Waals surface area (Å²) in [6.45, 7) is 1.67. The Balaban J connectivity index is 1.74. The van der Waals surface area contributed by atoms with Crippen molar-refractivity contribution in [2.75, 3.05) is 18.5 Å². The quantitative estimate of drug-likeness (QED) is 0.907. The summed E-state index contributed by atoms with van der Waals surface area (Å²) in [5, 5.41) is 3.50. The molecular weight excluding hydrogens is 250 g/mol. The van der Waals surface area contributed by atoms with Crippen LogP contribution in [0.4, 0.5) is 5.69 Å². The van der Waals surface area contributed by atoms with Crippen LogP contribution >= 0.6 is 11.6 Å². The van der Waals surface area contributed by atoms with Crippen LogP contribution in [0.2, 0.25) is 5.02 Å². The van der Waals surface area contributed by atoms with E-state index in [-0.39, 0.29) is 5.91 Å². The van der Waals surface area contributed by atoms with Crippen molar-refractivity contribution in [1.29, 1.82) is 0 Å². The van der Waals surface area contributed by atoms with E-state index in [0.29, 0.717) is 17.4 Å². The molecule has 0 unspecified atom stereocenters. The molecule has 1 fully saturated rings. The molecule has 0 atom stereocenters. The Kier molecular flexibility index (Phi) is 5.02. The van der Waals surface area contributed by atoms with E-state index in [1.54, 1.807) is 12.1 Å². The molecule has 1 aliphatic rings. The standard InChI is InChI=1S/C14H18ClNO2/c15-12-2-1-3-13(10-12)16-14(17)5-4-11-6-8-18-9-7-11/h1-3,10-11H,4-9H2,(H,16,17). The first kappa shape index (κ1) is 13.4. The molecule has 1 aromatic rings. The summed E-state index contributed by atoms with van der Waals surface area (Å²) >= 11 is 5.86. The largest absolute Gasteiger partial charge is 0.381 e. The van der Waals surface area contributed by atoms with Crippen LogP contribution in [0.15, 0.2) is 24.3 Å². The first-order valence-electron chi connectivity index (χ1n) is 6.37. The van der Waals surface area contributed by atoms with E-state index >= 15 is 0 Å². The summed E-state index contributed by atoms with van der Waals surface area (Å²) in [7, 11) is 0. The Morgan fingerprint density at radius 2 is 2.17 bits per heavy atom. The van der Waals surface area contributed by atoms with Crippen molar-refractivity contribution in [3.05, 3.63) is 29.3 Å². The van der Waals surface area contributed by atoms with Gasteiger partial charge in [-0.05, 0) is 43.4 Å². The second-order valence-corrected chi connectivity index (χ2v) is 5.09. The van der Waals surface area contributed by atoms with Crippen LogP contribution in [-0.4, -0.2) is 19.1 Å².